The van der Waals surface area contributed by atoms with E-state index in [1.54, 1.807) is 0 Å². The summed E-state index contributed by atoms with van der Waals surface area (Å²) in [5, 5.41) is 4.25. The Hall–Kier alpha value is -0.550. The van der Waals surface area contributed by atoms with Gasteiger partial charge in [0.05, 0.1) is 0 Å². The van der Waals surface area contributed by atoms with E-state index in [1.165, 1.54) is 10.6 Å². The summed E-state index contributed by atoms with van der Waals surface area (Å²) in [6.07, 6.45) is 0. The molecule has 3 heteroatoms. The Labute approximate surface area is 114 Å². The number of rotatable bonds is 2. The summed E-state index contributed by atoms with van der Waals surface area (Å²) >= 11 is 12.0. The fraction of sp³-hybridized carbons (Fsp3) is 0.143. The largest absolute Gasteiger partial charge is 0.0841 e. The highest BCUT2D eigenvalue weighted by molar-refractivity contribution is 7.55. The van der Waals surface area contributed by atoms with Crippen LogP contribution >= 0.6 is 31.8 Å². The van der Waals surface area contributed by atoms with Gasteiger partial charge in [-0.15, -0.1) is 0 Å². The maximum Gasteiger partial charge on any atom is 0.0435 e. The molecule has 88 valence electrons. The van der Waals surface area contributed by atoms with Gasteiger partial charge >= 0.3 is 0 Å². The molecule has 17 heavy (non-hydrogen) atoms. The van der Waals surface area contributed by atoms with Crippen molar-refractivity contribution in [3.8, 4) is 0 Å². The van der Waals surface area contributed by atoms with Gasteiger partial charge in [0.15, 0.2) is 0 Å². The highest BCUT2D eigenvalue weighted by Gasteiger charge is 2.01. The third-order valence-electron chi connectivity index (χ3n) is 2.60. The van der Waals surface area contributed by atoms with E-state index in [4.69, 9.17) is 23.2 Å². The molecule has 0 spiro atoms. The van der Waals surface area contributed by atoms with Gasteiger partial charge in [0, 0.05) is 10.0 Å². The van der Waals surface area contributed by atoms with Crippen molar-refractivity contribution in [1.82, 2.24) is 0 Å². The minimum absolute atomic E-state index is 0.645. The number of halogens is 2. The molecule has 0 amide bonds. The molecule has 0 N–H and O–H groups in total. The van der Waals surface area contributed by atoms with Gasteiger partial charge in [0.1, 0.15) is 0 Å². The third-order valence-corrected chi connectivity index (χ3v) is 4.65. The molecule has 0 aliphatic heterocycles. The van der Waals surface area contributed by atoms with Crippen molar-refractivity contribution < 1.29 is 0 Å². The average molecular weight is 283 g/mol. The second-order valence-electron chi connectivity index (χ2n) is 4.05. The van der Waals surface area contributed by atoms with Crippen LogP contribution < -0.4 is 10.6 Å². The van der Waals surface area contributed by atoms with Crippen molar-refractivity contribution in [3.63, 3.8) is 0 Å². The first-order chi connectivity index (χ1) is 8.06. The second kappa shape index (κ2) is 5.40. The number of aryl methyl sites for hydroxylation is 2. The van der Waals surface area contributed by atoms with E-state index in [0.717, 1.165) is 21.2 Å². The Balaban J connectivity index is 2.25. The predicted molar refractivity (Wildman–Crippen MR) is 80.0 cm³/mol. The molecule has 0 radical (unpaired) electrons. The van der Waals surface area contributed by atoms with Crippen molar-refractivity contribution in [1.29, 1.82) is 0 Å². The zero-order valence-corrected chi connectivity index (χ0v) is 12.2. The molecule has 0 aliphatic rings. The van der Waals surface area contributed by atoms with Gasteiger partial charge < -0.3 is 0 Å². The molecular weight excluding hydrogens is 270 g/mol. The Morgan fingerprint density at radius 3 is 1.53 bits per heavy atom. The molecule has 2 aromatic rings. The van der Waals surface area contributed by atoms with E-state index >= 15 is 0 Å². The number of hydrogen-bond acceptors (Lipinski definition) is 0. The maximum absolute atomic E-state index is 6.02. The van der Waals surface area contributed by atoms with Gasteiger partial charge in [-0.25, -0.2) is 0 Å². The highest BCUT2D eigenvalue weighted by atomic mass is 35.5. The highest BCUT2D eigenvalue weighted by Crippen LogP contribution is 2.20. The summed E-state index contributed by atoms with van der Waals surface area (Å²) in [6, 6.07) is 12.4. The molecule has 2 aromatic carbocycles. The molecule has 0 unspecified atom stereocenters. The molecule has 0 saturated heterocycles. The van der Waals surface area contributed by atoms with Crippen LogP contribution in [0.2, 0.25) is 10.0 Å². The summed E-state index contributed by atoms with van der Waals surface area (Å²) < 4.78 is 0. The van der Waals surface area contributed by atoms with Gasteiger partial charge in [0.25, 0.3) is 0 Å². The lowest BCUT2D eigenvalue weighted by molar-refractivity contribution is 1.49. The van der Waals surface area contributed by atoms with E-state index in [1.807, 2.05) is 26.0 Å². The molecule has 0 aliphatic carbocycles. The number of benzene rings is 2. The second-order valence-corrected chi connectivity index (χ2v) is 6.27. The Morgan fingerprint density at radius 2 is 1.18 bits per heavy atom. The smallest absolute Gasteiger partial charge is 0.0435 e. The monoisotopic (exact) mass is 282 g/mol. The normalized spacial score (nSPS) is 10.6. The molecule has 0 atom stereocenters. The summed E-state index contributed by atoms with van der Waals surface area (Å²) in [5.74, 6) is 0. The quantitative estimate of drug-likeness (QED) is 0.723. The SMILES string of the molecule is Cc1cc(Pc2ccc(Cl)c(C)c2)ccc1Cl. The minimum atomic E-state index is 0.645. The van der Waals surface area contributed by atoms with E-state index in [2.05, 4.69) is 24.3 Å². The Morgan fingerprint density at radius 1 is 0.765 bits per heavy atom. The van der Waals surface area contributed by atoms with Gasteiger partial charge in [0.2, 0.25) is 0 Å². The summed E-state index contributed by atoms with van der Waals surface area (Å²) in [4.78, 5) is 0. The maximum atomic E-state index is 6.02. The molecule has 2 rings (SSSR count). The van der Waals surface area contributed by atoms with Crippen LogP contribution in [0.4, 0.5) is 0 Å². The van der Waals surface area contributed by atoms with E-state index in [9.17, 15) is 0 Å². The van der Waals surface area contributed by atoms with Crippen molar-refractivity contribution in [2.24, 2.45) is 0 Å². The van der Waals surface area contributed by atoms with Crippen LogP contribution in [0.15, 0.2) is 36.4 Å². The summed E-state index contributed by atoms with van der Waals surface area (Å²) in [7, 11) is 0.645. The lowest BCUT2D eigenvalue weighted by atomic mass is 10.2. The van der Waals surface area contributed by atoms with Crippen molar-refractivity contribution in [2.45, 2.75) is 13.8 Å². The van der Waals surface area contributed by atoms with Crippen LogP contribution in [0.5, 0.6) is 0 Å². The van der Waals surface area contributed by atoms with E-state index in [0.29, 0.717) is 8.58 Å². The zero-order chi connectivity index (χ0) is 12.4. The Bertz CT molecular complexity index is 500. The lowest BCUT2D eigenvalue weighted by Crippen LogP contribution is -2.04. The summed E-state index contributed by atoms with van der Waals surface area (Å²) in [5.41, 5.74) is 2.25. The van der Waals surface area contributed by atoms with Crippen LogP contribution in [-0.2, 0) is 0 Å². The molecule has 0 bridgehead atoms. The van der Waals surface area contributed by atoms with Crippen molar-refractivity contribution in [2.75, 3.05) is 0 Å². The third kappa shape index (κ3) is 3.22. The molecule has 0 aromatic heterocycles. The minimum Gasteiger partial charge on any atom is -0.0841 e. The van der Waals surface area contributed by atoms with Crippen LogP contribution in [0, 0.1) is 13.8 Å². The fourth-order valence-electron chi connectivity index (χ4n) is 1.61. The standard InChI is InChI=1S/C14H13Cl2P/c1-9-7-11(3-5-13(9)15)17-12-4-6-14(16)10(2)8-12/h3-8,17H,1-2H3. The average Bonchev–Trinajstić information content (AvgIpc) is 2.29. The first kappa shape index (κ1) is 12.9. The van der Waals surface area contributed by atoms with E-state index in [-0.39, 0.29) is 0 Å². The molecule has 0 nitrogen and oxygen atoms in total. The summed E-state index contributed by atoms with van der Waals surface area (Å²) in [6.45, 7) is 4.06. The van der Waals surface area contributed by atoms with Crippen LogP contribution in [0.25, 0.3) is 0 Å². The van der Waals surface area contributed by atoms with Crippen LogP contribution in [-0.4, -0.2) is 0 Å². The van der Waals surface area contributed by atoms with Gasteiger partial charge in [-0.1, -0.05) is 56.0 Å². The van der Waals surface area contributed by atoms with Gasteiger partial charge in [-0.3, -0.25) is 0 Å². The van der Waals surface area contributed by atoms with Gasteiger partial charge in [-0.05, 0) is 47.7 Å². The van der Waals surface area contributed by atoms with Gasteiger partial charge in [-0.2, -0.15) is 0 Å². The molecule has 0 saturated carbocycles. The zero-order valence-electron chi connectivity index (χ0n) is 9.72. The molecular formula is C14H13Cl2P. The fourth-order valence-corrected chi connectivity index (χ4v) is 3.09. The topological polar surface area (TPSA) is 0 Å². The molecule has 0 fully saturated rings. The lowest BCUT2D eigenvalue weighted by Gasteiger charge is -2.06. The first-order valence-electron chi connectivity index (χ1n) is 5.35. The van der Waals surface area contributed by atoms with Crippen LogP contribution in [0.1, 0.15) is 11.1 Å². The Kier molecular flexibility index (Phi) is 4.09. The predicted octanol–water partition coefficient (Wildman–Crippen LogP) is 4.24. The molecule has 0 heterocycles. The van der Waals surface area contributed by atoms with Crippen molar-refractivity contribution >= 4 is 42.4 Å². The number of hydrogen-bond donors (Lipinski definition) is 0. The van der Waals surface area contributed by atoms with E-state index < -0.39 is 0 Å². The van der Waals surface area contributed by atoms with Crippen molar-refractivity contribution in [3.05, 3.63) is 57.6 Å². The van der Waals surface area contributed by atoms with Crippen LogP contribution in [0.3, 0.4) is 0 Å². The first-order valence-corrected chi connectivity index (χ1v) is 7.11.